The Morgan fingerprint density at radius 1 is 1.32 bits per heavy atom. The summed E-state index contributed by atoms with van der Waals surface area (Å²) in [5, 5.41) is 6.73. The third-order valence-electron chi connectivity index (χ3n) is 4.47. The highest BCUT2D eigenvalue weighted by Crippen LogP contribution is 2.36. The van der Waals surface area contributed by atoms with Crippen LogP contribution in [0.2, 0.25) is 0 Å². The predicted molar refractivity (Wildman–Crippen MR) is 106 cm³/mol. The second-order valence-electron chi connectivity index (χ2n) is 6.54. The number of carbonyl (C=O) groups is 1. The van der Waals surface area contributed by atoms with Crippen LogP contribution in [0.5, 0.6) is 0 Å². The number of nitrogens with zero attached hydrogens (tertiary/aromatic N) is 5. The van der Waals surface area contributed by atoms with E-state index < -0.39 is 5.82 Å². The number of hydrogen-bond acceptors (Lipinski definition) is 9. The van der Waals surface area contributed by atoms with Gasteiger partial charge in [0.25, 0.3) is 0 Å². The van der Waals surface area contributed by atoms with Crippen molar-refractivity contribution in [2.24, 2.45) is 0 Å². The molecule has 0 atom stereocenters. The number of pyridine rings is 1. The first-order valence-corrected chi connectivity index (χ1v) is 9.63. The number of anilines is 4. The summed E-state index contributed by atoms with van der Waals surface area (Å²) in [7, 11) is 0. The molecule has 28 heavy (non-hydrogen) atoms. The molecule has 0 radical (unpaired) electrons. The van der Waals surface area contributed by atoms with Gasteiger partial charge in [0.05, 0.1) is 6.20 Å². The molecule has 1 amide bonds. The minimum Gasteiger partial charge on any atom is -0.384 e. The third-order valence-corrected chi connectivity index (χ3v) is 5.59. The Morgan fingerprint density at radius 3 is 2.82 bits per heavy atom. The molecule has 0 unspecified atom stereocenters. The van der Waals surface area contributed by atoms with Crippen molar-refractivity contribution in [3.63, 3.8) is 0 Å². The van der Waals surface area contributed by atoms with Gasteiger partial charge < -0.3 is 21.3 Å². The molecule has 9 nitrogen and oxygen atoms in total. The van der Waals surface area contributed by atoms with Gasteiger partial charge >= 0.3 is 0 Å². The maximum Gasteiger partial charge on any atom is 0.217 e. The summed E-state index contributed by atoms with van der Waals surface area (Å²) < 4.78 is 14.9. The molecule has 0 aromatic carbocycles. The average molecular weight is 402 g/mol. The van der Waals surface area contributed by atoms with Gasteiger partial charge in [0.15, 0.2) is 16.8 Å². The van der Waals surface area contributed by atoms with Crippen LogP contribution < -0.4 is 21.3 Å². The number of aromatic nitrogens is 4. The number of thiazole rings is 1. The normalized spacial score (nSPS) is 15.0. The minimum atomic E-state index is -0.474. The Hall–Kier alpha value is -3.08. The van der Waals surface area contributed by atoms with Gasteiger partial charge in [-0.3, -0.25) is 4.79 Å². The lowest BCUT2D eigenvalue weighted by atomic mass is 10.1. The highest BCUT2D eigenvalue weighted by atomic mass is 32.1. The second-order valence-corrected chi connectivity index (χ2v) is 7.52. The lowest BCUT2D eigenvalue weighted by Crippen LogP contribution is -2.44. The van der Waals surface area contributed by atoms with Crippen LogP contribution in [0.25, 0.3) is 10.2 Å². The van der Waals surface area contributed by atoms with E-state index in [-0.39, 0.29) is 17.5 Å². The zero-order chi connectivity index (χ0) is 19.7. The molecule has 3 aromatic rings. The summed E-state index contributed by atoms with van der Waals surface area (Å²) in [6.45, 7) is 3.01. The molecule has 3 aromatic heterocycles. The molecule has 1 saturated heterocycles. The van der Waals surface area contributed by atoms with E-state index in [1.165, 1.54) is 24.6 Å². The largest absolute Gasteiger partial charge is 0.384 e. The van der Waals surface area contributed by atoms with Crippen molar-refractivity contribution in [1.29, 1.82) is 0 Å². The Labute approximate surface area is 164 Å². The molecule has 0 aliphatic carbocycles. The fourth-order valence-corrected chi connectivity index (χ4v) is 4.23. The molecule has 4 heterocycles. The van der Waals surface area contributed by atoms with E-state index in [0.29, 0.717) is 22.2 Å². The molecular formula is C17H19FN8OS. The van der Waals surface area contributed by atoms with Crippen molar-refractivity contribution in [2.45, 2.75) is 25.8 Å². The zero-order valence-corrected chi connectivity index (χ0v) is 16.0. The molecule has 146 valence electrons. The molecule has 4 N–H and O–H groups in total. The predicted octanol–water partition coefficient (Wildman–Crippen LogP) is 2.05. The Balaban J connectivity index is 1.58. The van der Waals surface area contributed by atoms with E-state index >= 15 is 0 Å². The molecule has 1 fully saturated rings. The third kappa shape index (κ3) is 3.79. The van der Waals surface area contributed by atoms with Gasteiger partial charge in [-0.05, 0) is 12.8 Å². The lowest BCUT2D eigenvalue weighted by Gasteiger charge is -2.31. The van der Waals surface area contributed by atoms with Crippen LogP contribution in [0.4, 0.5) is 27.0 Å². The number of piperidine rings is 1. The number of hydrogen-bond donors (Lipinski definition) is 3. The minimum absolute atomic E-state index is 0.0207. The molecular weight excluding hydrogens is 383 g/mol. The molecule has 0 spiro atoms. The fourth-order valence-electron chi connectivity index (χ4n) is 3.16. The SMILES string of the molecule is CC(=O)NC1CCN(c2nc3c(F)cnc(Nc4cc(N)ncn4)c3s2)CC1. The Morgan fingerprint density at radius 2 is 2.11 bits per heavy atom. The maximum absolute atomic E-state index is 14.3. The first-order chi connectivity index (χ1) is 13.5. The zero-order valence-electron chi connectivity index (χ0n) is 15.1. The van der Waals surface area contributed by atoms with Gasteiger partial charge in [-0.15, -0.1) is 0 Å². The Kier molecular flexibility index (Phi) is 4.90. The van der Waals surface area contributed by atoms with Gasteiger partial charge in [0.1, 0.15) is 28.2 Å². The monoisotopic (exact) mass is 402 g/mol. The van der Waals surface area contributed by atoms with Crippen LogP contribution in [0.3, 0.4) is 0 Å². The van der Waals surface area contributed by atoms with Crippen LogP contribution in [0.1, 0.15) is 19.8 Å². The molecule has 1 aliphatic heterocycles. The number of amides is 1. The number of halogens is 1. The summed E-state index contributed by atoms with van der Waals surface area (Å²) in [6, 6.07) is 1.74. The van der Waals surface area contributed by atoms with Crippen LogP contribution in [-0.4, -0.2) is 45.0 Å². The van der Waals surface area contributed by atoms with Gasteiger partial charge in [0, 0.05) is 32.1 Å². The first-order valence-electron chi connectivity index (χ1n) is 8.81. The van der Waals surface area contributed by atoms with E-state index in [1.54, 1.807) is 6.07 Å². The standard InChI is InChI=1S/C17H19FN8OS/c1-9(27)23-10-2-4-26(5-3-10)17-25-14-11(18)7-20-16(15(14)28-17)24-13-6-12(19)21-8-22-13/h6-8,10H,2-5H2,1H3,(H,23,27)(H3,19,20,21,22,24). The number of fused-ring (bicyclic) bond motifs is 1. The first kappa shape index (κ1) is 18.3. The van der Waals surface area contributed by atoms with E-state index in [2.05, 4.69) is 35.5 Å². The number of carbonyl (C=O) groups excluding carboxylic acids is 1. The van der Waals surface area contributed by atoms with Gasteiger partial charge in [0.2, 0.25) is 5.91 Å². The van der Waals surface area contributed by atoms with Crippen molar-refractivity contribution < 1.29 is 9.18 Å². The van der Waals surface area contributed by atoms with E-state index in [0.717, 1.165) is 37.3 Å². The number of rotatable bonds is 4. The smallest absolute Gasteiger partial charge is 0.217 e. The fraction of sp³-hybridized carbons (Fsp3) is 0.353. The van der Waals surface area contributed by atoms with E-state index in [1.807, 2.05) is 0 Å². The summed E-state index contributed by atoms with van der Waals surface area (Å²) in [4.78, 5) is 29.9. The summed E-state index contributed by atoms with van der Waals surface area (Å²) in [5.41, 5.74) is 5.94. The van der Waals surface area contributed by atoms with Gasteiger partial charge in [-0.2, -0.15) is 0 Å². The lowest BCUT2D eigenvalue weighted by molar-refractivity contribution is -0.119. The average Bonchev–Trinajstić information content (AvgIpc) is 3.11. The molecule has 1 aliphatic rings. The van der Waals surface area contributed by atoms with Crippen molar-refractivity contribution in [1.82, 2.24) is 25.3 Å². The Bertz CT molecular complexity index is 1020. The van der Waals surface area contributed by atoms with Gasteiger partial charge in [-0.25, -0.2) is 24.3 Å². The highest BCUT2D eigenvalue weighted by Gasteiger charge is 2.23. The van der Waals surface area contributed by atoms with Crippen LogP contribution in [-0.2, 0) is 4.79 Å². The van der Waals surface area contributed by atoms with Crippen LogP contribution in [0, 0.1) is 5.82 Å². The van der Waals surface area contributed by atoms with Gasteiger partial charge in [-0.1, -0.05) is 11.3 Å². The van der Waals surface area contributed by atoms with E-state index in [4.69, 9.17) is 5.73 Å². The molecule has 0 bridgehead atoms. The highest BCUT2D eigenvalue weighted by molar-refractivity contribution is 7.22. The topological polar surface area (TPSA) is 122 Å². The maximum atomic E-state index is 14.3. The van der Waals surface area contributed by atoms with Crippen molar-refractivity contribution in [3.05, 3.63) is 24.4 Å². The van der Waals surface area contributed by atoms with Crippen molar-refractivity contribution in [2.75, 3.05) is 29.0 Å². The van der Waals surface area contributed by atoms with Crippen LogP contribution in [0.15, 0.2) is 18.6 Å². The molecule has 11 heteroatoms. The number of nitrogens with two attached hydrogens (primary N) is 1. The summed E-state index contributed by atoms with van der Waals surface area (Å²) in [5.74, 6) is 0.763. The second kappa shape index (κ2) is 7.50. The van der Waals surface area contributed by atoms with Crippen molar-refractivity contribution in [3.8, 4) is 0 Å². The number of nitrogen functional groups attached to an aromatic ring is 1. The van der Waals surface area contributed by atoms with Crippen molar-refractivity contribution >= 4 is 50.0 Å². The quantitative estimate of drug-likeness (QED) is 0.606. The summed E-state index contributed by atoms with van der Waals surface area (Å²) in [6.07, 6.45) is 4.13. The number of nitrogens with one attached hydrogen (secondary N) is 2. The molecule has 4 rings (SSSR count). The molecule has 0 saturated carbocycles. The summed E-state index contributed by atoms with van der Waals surface area (Å²) >= 11 is 1.37. The van der Waals surface area contributed by atoms with Crippen LogP contribution >= 0.6 is 11.3 Å². The van der Waals surface area contributed by atoms with E-state index in [9.17, 15) is 9.18 Å².